The molecule has 0 amide bonds. The molecular weight excluding hydrogens is 224 g/mol. The van der Waals surface area contributed by atoms with Crippen molar-refractivity contribution in [2.24, 2.45) is 0 Å². The third kappa shape index (κ3) is 2.96. The highest BCUT2D eigenvalue weighted by Gasteiger charge is 2.04. The maximum absolute atomic E-state index is 5.12. The lowest BCUT2D eigenvalue weighted by Crippen LogP contribution is -2.02. The zero-order chi connectivity index (χ0) is 11.2. The van der Waals surface area contributed by atoms with Crippen molar-refractivity contribution in [1.29, 1.82) is 0 Å². The van der Waals surface area contributed by atoms with Crippen molar-refractivity contribution in [2.75, 3.05) is 11.9 Å². The molecule has 16 heavy (non-hydrogen) atoms. The van der Waals surface area contributed by atoms with E-state index in [1.807, 2.05) is 0 Å². The minimum atomic E-state index is 0.571. The summed E-state index contributed by atoms with van der Waals surface area (Å²) in [4.78, 5) is 12.5. The molecule has 0 atom stereocenters. The van der Waals surface area contributed by atoms with Gasteiger partial charge in [0.2, 0.25) is 0 Å². The van der Waals surface area contributed by atoms with Crippen LogP contribution in [0.15, 0.2) is 39.5 Å². The summed E-state index contributed by atoms with van der Waals surface area (Å²) < 4.78 is 5.12. The highest BCUT2D eigenvalue weighted by molar-refractivity contribution is 7.99. The molecule has 2 aromatic rings. The van der Waals surface area contributed by atoms with E-state index >= 15 is 0 Å². The number of aromatic nitrogens is 3. The lowest BCUT2D eigenvalue weighted by molar-refractivity contribution is 0.454. The van der Waals surface area contributed by atoms with E-state index in [9.17, 15) is 0 Å². The number of hydrogen-bond acceptors (Lipinski definition) is 6. The average Bonchev–Trinajstić information content (AvgIpc) is 2.80. The third-order valence-corrected chi connectivity index (χ3v) is 2.55. The molecule has 5 nitrogen and oxygen atoms in total. The normalized spacial score (nSPS) is 10.3. The molecule has 0 radical (unpaired) electrons. The van der Waals surface area contributed by atoms with Gasteiger partial charge in [-0.3, -0.25) is 4.98 Å². The van der Waals surface area contributed by atoms with Crippen LogP contribution in [0.3, 0.4) is 0 Å². The van der Waals surface area contributed by atoms with Crippen LogP contribution in [0.1, 0.15) is 13.3 Å². The van der Waals surface area contributed by atoms with Gasteiger partial charge in [0.25, 0.3) is 5.22 Å². The van der Waals surface area contributed by atoms with Gasteiger partial charge in [0.05, 0.1) is 18.6 Å². The largest absolute Gasteiger partial charge is 0.440 e. The first-order valence-corrected chi connectivity index (χ1v) is 5.83. The number of nitrogens with one attached hydrogen (secondary N) is 1. The predicted octanol–water partition coefficient (Wildman–Crippen LogP) is 2.44. The Bertz CT molecular complexity index is 432. The summed E-state index contributed by atoms with van der Waals surface area (Å²) in [6.07, 6.45) is 7.59. The Morgan fingerprint density at radius 3 is 3.12 bits per heavy atom. The number of rotatable bonds is 5. The highest BCUT2D eigenvalue weighted by Crippen LogP contribution is 2.24. The second-order valence-corrected chi connectivity index (χ2v) is 4.04. The topological polar surface area (TPSA) is 63.8 Å². The molecule has 2 heterocycles. The Balaban J connectivity index is 2.04. The van der Waals surface area contributed by atoms with E-state index in [-0.39, 0.29) is 0 Å². The summed E-state index contributed by atoms with van der Waals surface area (Å²) in [7, 11) is 0. The molecule has 0 saturated heterocycles. The Labute approximate surface area is 97.7 Å². The van der Waals surface area contributed by atoms with Crippen LogP contribution in [0.5, 0.6) is 0 Å². The minimum absolute atomic E-state index is 0.571. The Morgan fingerprint density at radius 2 is 2.38 bits per heavy atom. The van der Waals surface area contributed by atoms with Gasteiger partial charge in [-0.05, 0) is 18.2 Å². The molecule has 0 aromatic carbocycles. The van der Waals surface area contributed by atoms with E-state index in [4.69, 9.17) is 4.42 Å². The molecule has 0 unspecified atom stereocenters. The van der Waals surface area contributed by atoms with Crippen LogP contribution < -0.4 is 5.32 Å². The molecule has 1 N–H and O–H groups in total. The van der Waals surface area contributed by atoms with Gasteiger partial charge in [0, 0.05) is 6.54 Å². The van der Waals surface area contributed by atoms with Crippen LogP contribution in [0.25, 0.3) is 0 Å². The standard InChI is InChI=1S/C10H12N4OS/c1-2-3-12-8-6-11-7-9(14-8)16-10-13-4-5-15-10/h4-7H,2-3H2,1H3,(H,12,14). The van der Waals surface area contributed by atoms with E-state index in [1.165, 1.54) is 18.0 Å². The van der Waals surface area contributed by atoms with Crippen molar-refractivity contribution in [3.63, 3.8) is 0 Å². The Kier molecular flexibility index (Phi) is 3.76. The van der Waals surface area contributed by atoms with E-state index in [1.54, 1.807) is 18.6 Å². The minimum Gasteiger partial charge on any atom is -0.440 e. The van der Waals surface area contributed by atoms with Gasteiger partial charge < -0.3 is 9.73 Å². The second kappa shape index (κ2) is 5.50. The van der Waals surface area contributed by atoms with Crippen molar-refractivity contribution in [3.8, 4) is 0 Å². The van der Waals surface area contributed by atoms with E-state index in [2.05, 4.69) is 27.2 Å². The fourth-order valence-corrected chi connectivity index (χ4v) is 1.74. The van der Waals surface area contributed by atoms with Gasteiger partial charge in [-0.15, -0.1) is 0 Å². The second-order valence-electron chi connectivity index (χ2n) is 3.07. The quantitative estimate of drug-likeness (QED) is 0.860. The summed E-state index contributed by atoms with van der Waals surface area (Å²) in [6, 6.07) is 0. The maximum Gasteiger partial charge on any atom is 0.262 e. The van der Waals surface area contributed by atoms with Crippen molar-refractivity contribution >= 4 is 17.6 Å². The molecule has 2 rings (SSSR count). The molecule has 84 valence electrons. The van der Waals surface area contributed by atoms with Crippen molar-refractivity contribution in [2.45, 2.75) is 23.6 Å². The van der Waals surface area contributed by atoms with Crippen LogP contribution in [-0.2, 0) is 0 Å². The number of anilines is 1. The zero-order valence-electron chi connectivity index (χ0n) is 8.88. The highest BCUT2D eigenvalue weighted by atomic mass is 32.2. The molecule has 0 bridgehead atoms. The van der Waals surface area contributed by atoms with Gasteiger partial charge in [0.1, 0.15) is 17.1 Å². The van der Waals surface area contributed by atoms with Crippen molar-refractivity contribution in [1.82, 2.24) is 15.0 Å². The number of nitrogens with zero attached hydrogens (tertiary/aromatic N) is 3. The SMILES string of the molecule is CCCNc1cncc(Sc2ncco2)n1. The van der Waals surface area contributed by atoms with Crippen LogP contribution in [0, 0.1) is 0 Å². The zero-order valence-corrected chi connectivity index (χ0v) is 9.70. The fraction of sp³-hybridized carbons (Fsp3) is 0.300. The van der Waals surface area contributed by atoms with Gasteiger partial charge in [-0.25, -0.2) is 9.97 Å². The summed E-state index contributed by atoms with van der Waals surface area (Å²) >= 11 is 1.35. The van der Waals surface area contributed by atoms with E-state index < -0.39 is 0 Å². The Morgan fingerprint density at radius 1 is 1.44 bits per heavy atom. The van der Waals surface area contributed by atoms with E-state index in [0.717, 1.165) is 23.8 Å². The fourth-order valence-electron chi connectivity index (χ4n) is 1.09. The summed E-state index contributed by atoms with van der Waals surface area (Å²) in [5.74, 6) is 0.776. The molecule has 0 aliphatic heterocycles. The van der Waals surface area contributed by atoms with E-state index in [0.29, 0.717) is 5.22 Å². The smallest absolute Gasteiger partial charge is 0.262 e. The molecule has 2 aromatic heterocycles. The summed E-state index contributed by atoms with van der Waals surface area (Å²) in [5, 5.41) is 4.51. The first-order chi connectivity index (χ1) is 7.88. The maximum atomic E-state index is 5.12. The molecule has 0 spiro atoms. The first-order valence-electron chi connectivity index (χ1n) is 5.01. The van der Waals surface area contributed by atoms with Crippen LogP contribution >= 0.6 is 11.8 Å². The Hall–Kier alpha value is -1.56. The molecule has 0 saturated carbocycles. The predicted molar refractivity (Wildman–Crippen MR) is 61.4 cm³/mol. The molecule has 0 aliphatic carbocycles. The molecule has 6 heteroatoms. The monoisotopic (exact) mass is 236 g/mol. The number of oxazole rings is 1. The first kappa shape index (κ1) is 10.9. The van der Waals surface area contributed by atoms with Gasteiger partial charge in [-0.1, -0.05) is 6.92 Å². The van der Waals surface area contributed by atoms with Gasteiger partial charge in [0.15, 0.2) is 0 Å². The van der Waals surface area contributed by atoms with Crippen molar-refractivity contribution in [3.05, 3.63) is 24.9 Å². The molecule has 0 aliphatic rings. The lowest BCUT2D eigenvalue weighted by atomic mass is 10.5. The van der Waals surface area contributed by atoms with Crippen molar-refractivity contribution < 1.29 is 4.42 Å². The summed E-state index contributed by atoms with van der Waals surface area (Å²) in [6.45, 7) is 2.99. The lowest BCUT2D eigenvalue weighted by Gasteiger charge is -2.03. The molecule has 0 fully saturated rings. The average molecular weight is 236 g/mol. The molecular formula is C10H12N4OS. The number of hydrogen-bond donors (Lipinski definition) is 1. The third-order valence-electron chi connectivity index (χ3n) is 1.77. The van der Waals surface area contributed by atoms with Gasteiger partial charge >= 0.3 is 0 Å². The van der Waals surface area contributed by atoms with Crippen LogP contribution in [0.2, 0.25) is 0 Å². The van der Waals surface area contributed by atoms with Gasteiger partial charge in [-0.2, -0.15) is 0 Å². The van der Waals surface area contributed by atoms with Crippen LogP contribution in [-0.4, -0.2) is 21.5 Å². The summed E-state index contributed by atoms with van der Waals surface area (Å²) in [5.41, 5.74) is 0. The van der Waals surface area contributed by atoms with Crippen LogP contribution in [0.4, 0.5) is 5.82 Å².